The standard InChI is InChI=1S/C19H27N3O3/c1-15-3-4-17(16(2)13-15)19(24)22-7-5-21(6-8-22)18(23)14-20-9-11-25-12-10-20/h3-4,13H,5-12,14H2,1-2H3. The summed E-state index contributed by atoms with van der Waals surface area (Å²) >= 11 is 0. The van der Waals surface area contributed by atoms with Crippen LogP contribution in [0.15, 0.2) is 18.2 Å². The van der Waals surface area contributed by atoms with E-state index in [9.17, 15) is 9.59 Å². The molecule has 0 atom stereocenters. The van der Waals surface area contributed by atoms with Gasteiger partial charge in [0.15, 0.2) is 0 Å². The van der Waals surface area contributed by atoms with E-state index in [1.54, 1.807) is 0 Å². The fourth-order valence-electron chi connectivity index (χ4n) is 3.43. The van der Waals surface area contributed by atoms with Crippen molar-refractivity contribution >= 4 is 11.8 Å². The third-order valence-electron chi connectivity index (χ3n) is 4.99. The number of benzene rings is 1. The van der Waals surface area contributed by atoms with Gasteiger partial charge < -0.3 is 14.5 Å². The van der Waals surface area contributed by atoms with Crippen LogP contribution in [-0.2, 0) is 9.53 Å². The molecule has 2 saturated heterocycles. The van der Waals surface area contributed by atoms with Gasteiger partial charge in [-0.15, -0.1) is 0 Å². The van der Waals surface area contributed by atoms with Crippen molar-refractivity contribution in [1.82, 2.24) is 14.7 Å². The van der Waals surface area contributed by atoms with Crippen LogP contribution in [0.2, 0.25) is 0 Å². The van der Waals surface area contributed by atoms with Crippen LogP contribution in [0.5, 0.6) is 0 Å². The number of carbonyl (C=O) groups excluding carboxylic acids is 2. The summed E-state index contributed by atoms with van der Waals surface area (Å²) < 4.78 is 5.32. The van der Waals surface area contributed by atoms with Crippen molar-refractivity contribution in [3.63, 3.8) is 0 Å². The lowest BCUT2D eigenvalue weighted by Crippen LogP contribution is -2.53. The molecule has 0 unspecified atom stereocenters. The van der Waals surface area contributed by atoms with E-state index in [4.69, 9.17) is 4.74 Å². The quantitative estimate of drug-likeness (QED) is 0.818. The smallest absolute Gasteiger partial charge is 0.254 e. The van der Waals surface area contributed by atoms with Gasteiger partial charge in [0.2, 0.25) is 5.91 Å². The molecule has 0 radical (unpaired) electrons. The Hall–Kier alpha value is -1.92. The van der Waals surface area contributed by atoms with E-state index < -0.39 is 0 Å². The summed E-state index contributed by atoms with van der Waals surface area (Å²) in [6.45, 7) is 9.91. The van der Waals surface area contributed by atoms with Crippen LogP contribution in [0, 0.1) is 13.8 Å². The SMILES string of the molecule is Cc1ccc(C(=O)N2CCN(C(=O)CN3CCOCC3)CC2)c(C)c1. The second kappa shape index (κ2) is 7.97. The predicted molar refractivity (Wildman–Crippen MR) is 95.7 cm³/mol. The maximum absolute atomic E-state index is 12.7. The Bertz CT molecular complexity index is 633. The van der Waals surface area contributed by atoms with Gasteiger partial charge in [-0.25, -0.2) is 0 Å². The monoisotopic (exact) mass is 345 g/mol. The van der Waals surface area contributed by atoms with Gasteiger partial charge in [0.05, 0.1) is 19.8 Å². The first kappa shape index (κ1) is 17.9. The van der Waals surface area contributed by atoms with E-state index >= 15 is 0 Å². The number of morpholine rings is 1. The average molecular weight is 345 g/mol. The summed E-state index contributed by atoms with van der Waals surface area (Å²) in [5, 5.41) is 0. The molecule has 0 bridgehead atoms. The van der Waals surface area contributed by atoms with E-state index in [2.05, 4.69) is 4.90 Å². The molecule has 6 heteroatoms. The molecule has 3 rings (SSSR count). The zero-order chi connectivity index (χ0) is 17.8. The highest BCUT2D eigenvalue weighted by atomic mass is 16.5. The second-order valence-corrected chi connectivity index (χ2v) is 6.88. The van der Waals surface area contributed by atoms with Crippen molar-refractivity contribution in [3.8, 4) is 0 Å². The lowest BCUT2D eigenvalue weighted by molar-refractivity contribution is -0.134. The lowest BCUT2D eigenvalue weighted by atomic mass is 10.0. The molecular formula is C19H27N3O3. The van der Waals surface area contributed by atoms with E-state index in [-0.39, 0.29) is 11.8 Å². The molecule has 2 heterocycles. The largest absolute Gasteiger partial charge is 0.379 e. The predicted octanol–water partition coefficient (Wildman–Crippen LogP) is 0.920. The van der Waals surface area contributed by atoms with Crippen LogP contribution in [-0.4, -0.2) is 85.5 Å². The molecule has 2 aliphatic heterocycles. The molecule has 1 aromatic rings. The van der Waals surface area contributed by atoms with Crippen molar-refractivity contribution in [2.24, 2.45) is 0 Å². The fourth-order valence-corrected chi connectivity index (χ4v) is 3.43. The molecular weight excluding hydrogens is 318 g/mol. The van der Waals surface area contributed by atoms with Crippen molar-refractivity contribution in [3.05, 3.63) is 34.9 Å². The van der Waals surface area contributed by atoms with Crippen LogP contribution in [0.3, 0.4) is 0 Å². The molecule has 1 aromatic carbocycles. The van der Waals surface area contributed by atoms with Gasteiger partial charge in [0.25, 0.3) is 5.91 Å². The normalized spacial score (nSPS) is 19.1. The van der Waals surface area contributed by atoms with Crippen LogP contribution < -0.4 is 0 Å². The van der Waals surface area contributed by atoms with Crippen molar-refractivity contribution in [1.29, 1.82) is 0 Å². The highest BCUT2D eigenvalue weighted by molar-refractivity contribution is 5.96. The molecule has 6 nitrogen and oxygen atoms in total. The lowest BCUT2D eigenvalue weighted by Gasteiger charge is -2.36. The summed E-state index contributed by atoms with van der Waals surface area (Å²) in [6, 6.07) is 5.92. The summed E-state index contributed by atoms with van der Waals surface area (Å²) in [4.78, 5) is 31.0. The highest BCUT2D eigenvalue weighted by Crippen LogP contribution is 2.15. The van der Waals surface area contributed by atoms with Crippen LogP contribution in [0.1, 0.15) is 21.5 Å². The topological polar surface area (TPSA) is 53.1 Å². The van der Waals surface area contributed by atoms with Gasteiger partial charge >= 0.3 is 0 Å². The number of carbonyl (C=O) groups is 2. The molecule has 2 fully saturated rings. The molecule has 136 valence electrons. The summed E-state index contributed by atoms with van der Waals surface area (Å²) in [5.41, 5.74) is 2.93. The number of piperazine rings is 1. The van der Waals surface area contributed by atoms with Gasteiger partial charge in [-0.3, -0.25) is 14.5 Å². The second-order valence-electron chi connectivity index (χ2n) is 6.88. The third kappa shape index (κ3) is 4.38. The molecule has 0 aliphatic carbocycles. The maximum atomic E-state index is 12.7. The Morgan fingerprint density at radius 3 is 2.24 bits per heavy atom. The van der Waals surface area contributed by atoms with Crippen molar-refractivity contribution in [2.45, 2.75) is 13.8 Å². The first-order valence-electron chi connectivity index (χ1n) is 8.99. The maximum Gasteiger partial charge on any atom is 0.254 e. The summed E-state index contributed by atoms with van der Waals surface area (Å²) in [7, 11) is 0. The Balaban J connectivity index is 1.52. The number of amides is 2. The Morgan fingerprint density at radius 2 is 1.60 bits per heavy atom. The summed E-state index contributed by atoms with van der Waals surface area (Å²) in [6.07, 6.45) is 0. The number of aryl methyl sites for hydroxylation is 2. The molecule has 2 aliphatic rings. The summed E-state index contributed by atoms with van der Waals surface area (Å²) in [5.74, 6) is 0.221. The Labute approximate surface area is 149 Å². The molecule has 0 N–H and O–H groups in total. The molecule has 0 saturated carbocycles. The Morgan fingerprint density at radius 1 is 0.960 bits per heavy atom. The fraction of sp³-hybridized carbons (Fsp3) is 0.579. The van der Waals surface area contributed by atoms with E-state index in [0.717, 1.165) is 29.8 Å². The Kier molecular flexibility index (Phi) is 5.71. The average Bonchev–Trinajstić information content (AvgIpc) is 2.62. The molecule has 0 spiro atoms. The third-order valence-corrected chi connectivity index (χ3v) is 4.99. The van der Waals surface area contributed by atoms with Gasteiger partial charge in [0.1, 0.15) is 0 Å². The van der Waals surface area contributed by atoms with Gasteiger partial charge in [0, 0.05) is 44.8 Å². The minimum Gasteiger partial charge on any atom is -0.379 e. The van der Waals surface area contributed by atoms with Gasteiger partial charge in [-0.2, -0.15) is 0 Å². The van der Waals surface area contributed by atoms with Crippen molar-refractivity contribution < 1.29 is 14.3 Å². The van der Waals surface area contributed by atoms with E-state index in [1.807, 2.05) is 41.8 Å². The number of rotatable bonds is 3. The minimum absolute atomic E-state index is 0.0674. The minimum atomic E-state index is 0.0674. The molecule has 2 amide bonds. The number of ether oxygens (including phenoxy) is 1. The first-order chi connectivity index (χ1) is 12.0. The number of nitrogens with zero attached hydrogens (tertiary/aromatic N) is 3. The van der Waals surface area contributed by atoms with Gasteiger partial charge in [-0.1, -0.05) is 17.7 Å². The molecule has 0 aromatic heterocycles. The van der Waals surface area contributed by atoms with Gasteiger partial charge in [-0.05, 0) is 25.5 Å². The van der Waals surface area contributed by atoms with E-state index in [1.165, 1.54) is 0 Å². The van der Waals surface area contributed by atoms with Crippen LogP contribution >= 0.6 is 0 Å². The van der Waals surface area contributed by atoms with Crippen LogP contribution in [0.25, 0.3) is 0 Å². The number of hydrogen-bond donors (Lipinski definition) is 0. The van der Waals surface area contributed by atoms with Crippen LogP contribution in [0.4, 0.5) is 0 Å². The number of hydrogen-bond acceptors (Lipinski definition) is 4. The zero-order valence-corrected chi connectivity index (χ0v) is 15.2. The van der Waals surface area contributed by atoms with E-state index in [0.29, 0.717) is 45.9 Å². The first-order valence-corrected chi connectivity index (χ1v) is 8.99. The molecule has 25 heavy (non-hydrogen) atoms. The van der Waals surface area contributed by atoms with Crippen molar-refractivity contribution in [2.75, 3.05) is 59.0 Å². The highest BCUT2D eigenvalue weighted by Gasteiger charge is 2.26. The zero-order valence-electron chi connectivity index (χ0n) is 15.2.